The molecule has 1 N–H and O–H groups in total. The number of carbonyl (C=O) groups excluding carboxylic acids is 1. The van der Waals surface area contributed by atoms with E-state index in [-0.39, 0.29) is 11.9 Å². The van der Waals surface area contributed by atoms with Gasteiger partial charge in [0.15, 0.2) is 0 Å². The monoisotopic (exact) mass is 325 g/mol. The number of amides is 1. The minimum atomic E-state index is -0.0311. The molecule has 3 aromatic rings. The van der Waals surface area contributed by atoms with Crippen LogP contribution in [0.15, 0.2) is 60.2 Å². The molecule has 0 bridgehead atoms. The van der Waals surface area contributed by atoms with Gasteiger partial charge in [0.2, 0.25) is 0 Å². The molecule has 0 spiro atoms. The van der Waals surface area contributed by atoms with Crippen molar-refractivity contribution in [1.29, 1.82) is 0 Å². The van der Waals surface area contributed by atoms with Crippen LogP contribution in [-0.4, -0.2) is 21.7 Å². The van der Waals surface area contributed by atoms with E-state index in [1.807, 2.05) is 54.2 Å². The van der Waals surface area contributed by atoms with Gasteiger partial charge in [-0.1, -0.05) is 18.2 Å². The highest BCUT2D eigenvalue weighted by atomic mass is 32.1. The molecule has 0 aliphatic heterocycles. The SMILES string of the molecule is C[C@H](Cc1cccs1)NC(=O)c1cccc(Cn2cccn2)c1. The van der Waals surface area contributed by atoms with E-state index in [0.717, 1.165) is 12.0 Å². The summed E-state index contributed by atoms with van der Waals surface area (Å²) in [5, 5.41) is 9.32. The standard InChI is InChI=1S/C18H19N3OS/c1-14(11-17-7-3-10-23-17)20-18(22)16-6-2-5-15(12-16)13-21-9-4-8-19-21/h2-10,12,14H,11,13H2,1H3,(H,20,22)/t14-/m1/s1. The third kappa shape index (κ3) is 4.29. The largest absolute Gasteiger partial charge is 0.349 e. The average molecular weight is 325 g/mol. The van der Waals surface area contributed by atoms with Crippen molar-refractivity contribution in [3.63, 3.8) is 0 Å². The summed E-state index contributed by atoms with van der Waals surface area (Å²) in [5.41, 5.74) is 1.75. The van der Waals surface area contributed by atoms with Crippen LogP contribution in [0.3, 0.4) is 0 Å². The average Bonchev–Trinajstić information content (AvgIpc) is 3.21. The van der Waals surface area contributed by atoms with E-state index >= 15 is 0 Å². The highest BCUT2D eigenvalue weighted by Gasteiger charge is 2.11. The van der Waals surface area contributed by atoms with Gasteiger partial charge in [-0.3, -0.25) is 9.48 Å². The molecule has 4 nitrogen and oxygen atoms in total. The van der Waals surface area contributed by atoms with Crippen LogP contribution in [0.2, 0.25) is 0 Å². The molecule has 0 fully saturated rings. The summed E-state index contributed by atoms with van der Waals surface area (Å²) in [6, 6.07) is 13.8. The molecule has 0 aliphatic carbocycles. The Balaban J connectivity index is 1.62. The number of carbonyl (C=O) groups is 1. The second-order valence-corrected chi connectivity index (χ2v) is 6.59. The number of nitrogens with zero attached hydrogens (tertiary/aromatic N) is 2. The maximum atomic E-state index is 12.4. The maximum Gasteiger partial charge on any atom is 0.251 e. The van der Waals surface area contributed by atoms with Crippen LogP contribution >= 0.6 is 11.3 Å². The highest BCUT2D eigenvalue weighted by Crippen LogP contribution is 2.12. The zero-order chi connectivity index (χ0) is 16.1. The van der Waals surface area contributed by atoms with Crippen LogP contribution < -0.4 is 5.32 Å². The van der Waals surface area contributed by atoms with Crippen molar-refractivity contribution in [2.24, 2.45) is 0 Å². The van der Waals surface area contributed by atoms with Crippen LogP contribution in [0.4, 0.5) is 0 Å². The highest BCUT2D eigenvalue weighted by molar-refractivity contribution is 7.09. The van der Waals surface area contributed by atoms with Crippen molar-refractivity contribution in [1.82, 2.24) is 15.1 Å². The molecule has 0 aliphatic rings. The number of hydrogen-bond donors (Lipinski definition) is 1. The fourth-order valence-electron chi connectivity index (χ4n) is 2.48. The van der Waals surface area contributed by atoms with Crippen LogP contribution in [-0.2, 0) is 13.0 Å². The Labute approximate surface area is 139 Å². The Hall–Kier alpha value is -2.40. The summed E-state index contributed by atoms with van der Waals surface area (Å²) in [7, 11) is 0. The Bertz CT molecular complexity index is 750. The predicted molar refractivity (Wildman–Crippen MR) is 92.7 cm³/mol. The van der Waals surface area contributed by atoms with Crippen LogP contribution in [0.1, 0.15) is 27.7 Å². The van der Waals surface area contributed by atoms with Crippen molar-refractivity contribution in [2.45, 2.75) is 25.9 Å². The Kier molecular flexibility index (Phi) is 4.88. The molecule has 2 aromatic heterocycles. The molecule has 1 aromatic carbocycles. The fourth-order valence-corrected chi connectivity index (χ4v) is 3.32. The summed E-state index contributed by atoms with van der Waals surface area (Å²) in [4.78, 5) is 13.7. The third-order valence-corrected chi connectivity index (χ3v) is 4.46. The first-order chi connectivity index (χ1) is 11.2. The van der Waals surface area contributed by atoms with E-state index in [2.05, 4.69) is 21.9 Å². The minimum absolute atomic E-state index is 0.0311. The van der Waals surface area contributed by atoms with Gasteiger partial charge in [0, 0.05) is 35.3 Å². The summed E-state index contributed by atoms with van der Waals surface area (Å²) < 4.78 is 1.84. The lowest BCUT2D eigenvalue weighted by Gasteiger charge is -2.13. The fraction of sp³-hybridized carbons (Fsp3) is 0.222. The van der Waals surface area contributed by atoms with Crippen molar-refractivity contribution in [2.75, 3.05) is 0 Å². The summed E-state index contributed by atoms with van der Waals surface area (Å²) in [6.07, 6.45) is 4.52. The van der Waals surface area contributed by atoms with Crippen LogP contribution in [0.5, 0.6) is 0 Å². The number of nitrogens with one attached hydrogen (secondary N) is 1. The lowest BCUT2D eigenvalue weighted by molar-refractivity contribution is 0.0940. The van der Waals surface area contributed by atoms with Crippen LogP contribution in [0.25, 0.3) is 0 Å². The molecule has 2 heterocycles. The lowest BCUT2D eigenvalue weighted by atomic mass is 10.1. The first kappa shape index (κ1) is 15.5. The quantitative estimate of drug-likeness (QED) is 0.755. The number of benzene rings is 1. The number of thiophene rings is 1. The van der Waals surface area contributed by atoms with Crippen molar-refractivity contribution in [3.8, 4) is 0 Å². The van der Waals surface area contributed by atoms with E-state index in [1.165, 1.54) is 4.88 Å². The van der Waals surface area contributed by atoms with Gasteiger partial charge in [-0.25, -0.2) is 0 Å². The molecule has 3 rings (SSSR count). The van der Waals surface area contributed by atoms with Gasteiger partial charge in [-0.15, -0.1) is 11.3 Å². The molecule has 1 amide bonds. The van der Waals surface area contributed by atoms with Gasteiger partial charge in [0.25, 0.3) is 5.91 Å². The van der Waals surface area contributed by atoms with E-state index in [4.69, 9.17) is 0 Å². The zero-order valence-electron chi connectivity index (χ0n) is 13.0. The number of rotatable bonds is 6. The van der Waals surface area contributed by atoms with E-state index < -0.39 is 0 Å². The predicted octanol–water partition coefficient (Wildman–Crippen LogP) is 3.35. The van der Waals surface area contributed by atoms with E-state index in [1.54, 1.807) is 17.5 Å². The second-order valence-electron chi connectivity index (χ2n) is 5.56. The molecule has 0 saturated heterocycles. The van der Waals surface area contributed by atoms with E-state index in [0.29, 0.717) is 12.1 Å². The Morgan fingerprint density at radius 2 is 2.22 bits per heavy atom. The molecular weight excluding hydrogens is 306 g/mol. The number of hydrogen-bond acceptors (Lipinski definition) is 3. The first-order valence-electron chi connectivity index (χ1n) is 7.60. The normalized spacial score (nSPS) is 12.0. The van der Waals surface area contributed by atoms with Gasteiger partial charge in [0.1, 0.15) is 0 Å². The van der Waals surface area contributed by atoms with Crippen LogP contribution in [0, 0.1) is 0 Å². The minimum Gasteiger partial charge on any atom is -0.349 e. The summed E-state index contributed by atoms with van der Waals surface area (Å²) in [6.45, 7) is 2.70. The first-order valence-corrected chi connectivity index (χ1v) is 8.48. The molecule has 5 heteroatoms. The lowest BCUT2D eigenvalue weighted by Crippen LogP contribution is -2.33. The smallest absolute Gasteiger partial charge is 0.251 e. The molecule has 1 atom stereocenters. The summed E-state index contributed by atoms with van der Waals surface area (Å²) in [5.74, 6) is -0.0311. The van der Waals surface area contributed by atoms with E-state index in [9.17, 15) is 4.79 Å². The van der Waals surface area contributed by atoms with Gasteiger partial charge in [0.05, 0.1) is 6.54 Å². The molecule has 118 valence electrons. The van der Waals surface area contributed by atoms with Crippen molar-refractivity contribution in [3.05, 3.63) is 76.2 Å². The Morgan fingerprint density at radius 1 is 1.30 bits per heavy atom. The second kappa shape index (κ2) is 7.24. The van der Waals surface area contributed by atoms with Crippen molar-refractivity contribution < 1.29 is 4.79 Å². The molecular formula is C18H19N3OS. The van der Waals surface area contributed by atoms with Gasteiger partial charge in [-0.2, -0.15) is 5.10 Å². The Morgan fingerprint density at radius 3 is 2.96 bits per heavy atom. The molecule has 0 radical (unpaired) electrons. The zero-order valence-corrected chi connectivity index (χ0v) is 13.8. The number of aromatic nitrogens is 2. The van der Waals surface area contributed by atoms with Gasteiger partial charge >= 0.3 is 0 Å². The summed E-state index contributed by atoms with van der Waals surface area (Å²) >= 11 is 1.72. The molecule has 23 heavy (non-hydrogen) atoms. The van der Waals surface area contributed by atoms with Gasteiger partial charge < -0.3 is 5.32 Å². The maximum absolute atomic E-state index is 12.4. The van der Waals surface area contributed by atoms with Crippen molar-refractivity contribution >= 4 is 17.2 Å². The molecule has 0 unspecified atom stereocenters. The third-order valence-electron chi connectivity index (χ3n) is 3.56. The van der Waals surface area contributed by atoms with Gasteiger partial charge in [-0.05, 0) is 42.1 Å². The molecule has 0 saturated carbocycles. The topological polar surface area (TPSA) is 46.9 Å².